The fraction of sp³-hybridized carbons (Fsp3) is 0.227. The average molecular weight is 474 g/mol. The number of nitro groups is 1. The minimum Gasteiger partial charge on any atom is -0.340 e. The molecule has 2 aromatic carbocycles. The highest BCUT2D eigenvalue weighted by atomic mass is 32.1. The van der Waals surface area contributed by atoms with Gasteiger partial charge in [-0.1, -0.05) is 32.0 Å². The molecule has 33 heavy (non-hydrogen) atoms. The van der Waals surface area contributed by atoms with Gasteiger partial charge in [0.25, 0.3) is 11.6 Å². The number of carbonyl (C=O) groups excluding carboxylic acids is 2. The van der Waals surface area contributed by atoms with E-state index in [9.17, 15) is 28.5 Å². The van der Waals surface area contributed by atoms with Gasteiger partial charge >= 0.3 is 0 Å². The van der Waals surface area contributed by atoms with Crippen molar-refractivity contribution in [2.24, 2.45) is 5.92 Å². The third-order valence-electron chi connectivity index (χ3n) is 4.86. The molecule has 0 saturated carbocycles. The number of nitrogens with one attached hydrogen (secondary N) is 2. The summed E-state index contributed by atoms with van der Waals surface area (Å²) < 4.78 is 27.8. The molecule has 3 aromatic rings. The molecule has 1 aromatic heterocycles. The Balaban J connectivity index is 1.77. The van der Waals surface area contributed by atoms with Gasteiger partial charge in [-0.3, -0.25) is 19.7 Å². The second kappa shape index (κ2) is 9.82. The number of hydrogen-bond donors (Lipinski definition) is 2. The van der Waals surface area contributed by atoms with Gasteiger partial charge in [0.2, 0.25) is 5.91 Å². The Morgan fingerprint density at radius 1 is 1.15 bits per heavy atom. The van der Waals surface area contributed by atoms with Gasteiger partial charge in [0.15, 0.2) is 5.13 Å². The summed E-state index contributed by atoms with van der Waals surface area (Å²) in [5.74, 6) is -4.14. The van der Waals surface area contributed by atoms with Crippen LogP contribution >= 0.6 is 11.3 Å². The summed E-state index contributed by atoms with van der Waals surface area (Å²) in [7, 11) is 0. The summed E-state index contributed by atoms with van der Waals surface area (Å²) in [6.07, 6.45) is 0. The zero-order valence-electron chi connectivity index (χ0n) is 17.9. The van der Waals surface area contributed by atoms with Crippen LogP contribution in [-0.4, -0.2) is 27.8 Å². The molecule has 8 nitrogen and oxygen atoms in total. The maximum absolute atomic E-state index is 13.9. The molecule has 0 saturated heterocycles. The molecule has 11 heteroatoms. The molecule has 172 valence electrons. The zero-order chi connectivity index (χ0) is 24.3. The van der Waals surface area contributed by atoms with Crippen molar-refractivity contribution in [2.45, 2.75) is 26.8 Å². The van der Waals surface area contributed by atoms with Crippen LogP contribution in [0.3, 0.4) is 0 Å². The van der Waals surface area contributed by atoms with Crippen molar-refractivity contribution >= 4 is 34.0 Å². The van der Waals surface area contributed by atoms with Gasteiger partial charge in [-0.2, -0.15) is 0 Å². The fourth-order valence-corrected chi connectivity index (χ4v) is 3.80. The van der Waals surface area contributed by atoms with E-state index in [2.05, 4.69) is 15.6 Å². The van der Waals surface area contributed by atoms with Crippen LogP contribution in [0.1, 0.15) is 29.8 Å². The molecule has 0 spiro atoms. The lowest BCUT2D eigenvalue weighted by molar-refractivity contribution is -0.385. The van der Waals surface area contributed by atoms with Gasteiger partial charge in [0, 0.05) is 22.6 Å². The van der Waals surface area contributed by atoms with E-state index in [0.717, 1.165) is 29.5 Å². The number of carbonyl (C=O) groups is 2. The number of nitro benzene ring substituents is 1. The van der Waals surface area contributed by atoms with Crippen molar-refractivity contribution in [3.63, 3.8) is 0 Å². The molecule has 0 bridgehead atoms. The highest BCUT2D eigenvalue weighted by molar-refractivity contribution is 7.14. The molecule has 2 amide bonds. The molecule has 1 atom stereocenters. The average Bonchev–Trinajstić information content (AvgIpc) is 3.20. The predicted molar refractivity (Wildman–Crippen MR) is 120 cm³/mol. The van der Waals surface area contributed by atoms with Crippen LogP contribution in [0.2, 0.25) is 0 Å². The standard InChI is InChI=1S/C22H20F2N4O4S/c1-11(2)19(26-20(29)18-14(23)5-4-6-15(18)24)21(30)27-22-25-16(10-33-22)13-8-7-12(3)17(9-13)28(31)32/h4-11,19H,1-3H3,(H,26,29)(H,25,27,30)/t19-/m0/s1. The molecule has 1 heterocycles. The number of aromatic nitrogens is 1. The number of hydrogen-bond acceptors (Lipinski definition) is 6. The third-order valence-corrected chi connectivity index (χ3v) is 5.62. The summed E-state index contributed by atoms with van der Waals surface area (Å²) in [6.45, 7) is 4.96. The van der Waals surface area contributed by atoms with Gasteiger partial charge in [-0.25, -0.2) is 13.8 Å². The summed E-state index contributed by atoms with van der Waals surface area (Å²) in [5, 5.41) is 18.0. The lowest BCUT2D eigenvalue weighted by atomic mass is 10.0. The number of amides is 2. The van der Waals surface area contributed by atoms with Crippen molar-refractivity contribution < 1.29 is 23.3 Å². The van der Waals surface area contributed by atoms with Crippen LogP contribution < -0.4 is 10.6 Å². The van der Waals surface area contributed by atoms with E-state index in [1.165, 1.54) is 6.07 Å². The minimum atomic E-state index is -1.09. The molecular formula is C22H20F2N4O4S. The first-order chi connectivity index (χ1) is 15.6. The van der Waals surface area contributed by atoms with E-state index in [-0.39, 0.29) is 10.8 Å². The van der Waals surface area contributed by atoms with E-state index < -0.39 is 45.9 Å². The van der Waals surface area contributed by atoms with Crippen molar-refractivity contribution in [2.75, 3.05) is 5.32 Å². The van der Waals surface area contributed by atoms with E-state index in [1.54, 1.807) is 38.3 Å². The predicted octanol–water partition coefficient (Wildman–Crippen LogP) is 4.70. The molecular weight excluding hydrogens is 454 g/mol. The molecule has 3 rings (SSSR count). The van der Waals surface area contributed by atoms with Crippen LogP contribution in [0.15, 0.2) is 41.8 Å². The Morgan fingerprint density at radius 3 is 2.42 bits per heavy atom. The largest absolute Gasteiger partial charge is 0.340 e. The van der Waals surface area contributed by atoms with Crippen LogP contribution in [0.25, 0.3) is 11.3 Å². The number of benzene rings is 2. The van der Waals surface area contributed by atoms with Gasteiger partial charge in [0.1, 0.15) is 23.2 Å². The highest BCUT2D eigenvalue weighted by Gasteiger charge is 2.28. The van der Waals surface area contributed by atoms with Gasteiger partial charge in [0.05, 0.1) is 10.6 Å². The van der Waals surface area contributed by atoms with Crippen molar-refractivity contribution in [1.29, 1.82) is 0 Å². The Bertz CT molecular complexity index is 1210. The van der Waals surface area contributed by atoms with Crippen molar-refractivity contribution in [1.82, 2.24) is 10.3 Å². The summed E-state index contributed by atoms with van der Waals surface area (Å²) in [4.78, 5) is 40.2. The van der Waals surface area contributed by atoms with E-state index in [4.69, 9.17) is 0 Å². The van der Waals surface area contributed by atoms with E-state index in [1.807, 2.05) is 0 Å². The number of anilines is 1. The summed E-state index contributed by atoms with van der Waals surface area (Å²) in [5.41, 5.74) is 0.626. The minimum absolute atomic E-state index is 0.0472. The Hall–Kier alpha value is -3.73. The van der Waals surface area contributed by atoms with Crippen LogP contribution in [-0.2, 0) is 4.79 Å². The number of rotatable bonds is 7. The van der Waals surface area contributed by atoms with Crippen LogP contribution in [0.5, 0.6) is 0 Å². The van der Waals surface area contributed by atoms with Crippen molar-refractivity contribution in [3.8, 4) is 11.3 Å². The Morgan fingerprint density at radius 2 is 1.82 bits per heavy atom. The Labute approximate surface area is 191 Å². The second-order valence-electron chi connectivity index (χ2n) is 7.58. The first kappa shape index (κ1) is 23.9. The number of nitrogens with zero attached hydrogens (tertiary/aromatic N) is 2. The number of aryl methyl sites for hydroxylation is 1. The third kappa shape index (κ3) is 5.37. The van der Waals surface area contributed by atoms with Crippen molar-refractivity contribution in [3.05, 3.63) is 74.7 Å². The molecule has 0 aliphatic carbocycles. The quantitative estimate of drug-likeness (QED) is 0.381. The zero-order valence-corrected chi connectivity index (χ0v) is 18.7. The SMILES string of the molecule is Cc1ccc(-c2csc(NC(=O)[C@@H](NC(=O)c3c(F)cccc3F)C(C)C)n2)cc1[N+](=O)[O-]. The molecule has 0 radical (unpaired) electrons. The first-order valence-corrected chi connectivity index (χ1v) is 10.7. The molecule has 0 aliphatic heterocycles. The maximum Gasteiger partial charge on any atom is 0.272 e. The van der Waals surface area contributed by atoms with E-state index in [0.29, 0.717) is 16.8 Å². The Kier molecular flexibility index (Phi) is 7.12. The first-order valence-electron chi connectivity index (χ1n) is 9.85. The fourth-order valence-electron chi connectivity index (χ4n) is 3.08. The van der Waals surface area contributed by atoms with Crippen LogP contribution in [0.4, 0.5) is 19.6 Å². The molecule has 0 unspecified atom stereocenters. The number of thiazole rings is 1. The highest BCUT2D eigenvalue weighted by Crippen LogP contribution is 2.29. The van der Waals surface area contributed by atoms with Crippen LogP contribution in [0, 0.1) is 34.6 Å². The smallest absolute Gasteiger partial charge is 0.272 e. The molecule has 0 aliphatic rings. The normalized spacial score (nSPS) is 11.8. The molecule has 2 N–H and O–H groups in total. The van der Waals surface area contributed by atoms with Gasteiger partial charge in [-0.05, 0) is 25.0 Å². The summed E-state index contributed by atoms with van der Waals surface area (Å²) in [6, 6.07) is 6.64. The van der Waals surface area contributed by atoms with E-state index >= 15 is 0 Å². The van der Waals surface area contributed by atoms with Gasteiger partial charge in [-0.15, -0.1) is 11.3 Å². The monoisotopic (exact) mass is 474 g/mol. The topological polar surface area (TPSA) is 114 Å². The number of halogens is 2. The van der Waals surface area contributed by atoms with Gasteiger partial charge < -0.3 is 10.6 Å². The lowest BCUT2D eigenvalue weighted by Crippen LogP contribution is -2.47. The second-order valence-corrected chi connectivity index (χ2v) is 8.44. The maximum atomic E-state index is 13.9. The lowest BCUT2D eigenvalue weighted by Gasteiger charge is -2.21. The molecule has 0 fully saturated rings. The summed E-state index contributed by atoms with van der Waals surface area (Å²) >= 11 is 1.09.